The smallest absolute Gasteiger partial charge is 0.0439 e. The summed E-state index contributed by atoms with van der Waals surface area (Å²) in [5.74, 6) is 1.49. The first-order chi connectivity index (χ1) is 10.1. The number of benzene rings is 1. The van der Waals surface area contributed by atoms with Crippen LogP contribution < -0.4 is 5.32 Å². The van der Waals surface area contributed by atoms with E-state index < -0.39 is 10.8 Å². The van der Waals surface area contributed by atoms with Gasteiger partial charge in [0, 0.05) is 27.8 Å². The molecule has 1 aromatic rings. The normalized spacial score (nSPS) is 25.5. The Morgan fingerprint density at radius 3 is 2.76 bits per heavy atom. The molecule has 0 radical (unpaired) electrons. The second-order valence-electron chi connectivity index (χ2n) is 6.41. The van der Waals surface area contributed by atoms with Gasteiger partial charge in [-0.25, -0.2) is 0 Å². The minimum Gasteiger partial charge on any atom is -0.309 e. The van der Waals surface area contributed by atoms with Gasteiger partial charge in [0.05, 0.1) is 0 Å². The molecular formula is C18H29NOS. The van der Waals surface area contributed by atoms with Crippen molar-refractivity contribution in [3.8, 4) is 0 Å². The average molecular weight is 308 g/mol. The van der Waals surface area contributed by atoms with Crippen LogP contribution in [0.1, 0.15) is 56.7 Å². The van der Waals surface area contributed by atoms with Crippen molar-refractivity contribution in [2.24, 2.45) is 5.92 Å². The minimum absolute atomic E-state index is 0.217. The second kappa shape index (κ2) is 8.09. The van der Waals surface area contributed by atoms with Crippen LogP contribution in [-0.2, 0) is 10.8 Å². The molecule has 0 aliphatic heterocycles. The Morgan fingerprint density at radius 2 is 2.10 bits per heavy atom. The maximum atomic E-state index is 12.8. The molecule has 2 rings (SSSR count). The van der Waals surface area contributed by atoms with Crippen LogP contribution in [0.3, 0.4) is 0 Å². The number of hydrogen-bond donors (Lipinski definition) is 1. The van der Waals surface area contributed by atoms with Crippen LogP contribution in [0.2, 0.25) is 0 Å². The lowest BCUT2D eigenvalue weighted by Gasteiger charge is -2.28. The summed E-state index contributed by atoms with van der Waals surface area (Å²) in [5.41, 5.74) is 2.59. The van der Waals surface area contributed by atoms with Gasteiger partial charge in [-0.1, -0.05) is 51.0 Å². The molecule has 3 heteroatoms. The summed E-state index contributed by atoms with van der Waals surface area (Å²) in [6, 6.07) is 8.68. The van der Waals surface area contributed by atoms with E-state index in [1.165, 1.54) is 24.0 Å². The van der Waals surface area contributed by atoms with Gasteiger partial charge >= 0.3 is 0 Å². The van der Waals surface area contributed by atoms with Gasteiger partial charge in [0.15, 0.2) is 0 Å². The van der Waals surface area contributed by atoms with Gasteiger partial charge in [-0.05, 0) is 43.4 Å². The van der Waals surface area contributed by atoms with Crippen molar-refractivity contribution in [3.05, 3.63) is 35.4 Å². The lowest BCUT2D eigenvalue weighted by atomic mass is 9.91. The average Bonchev–Trinajstić information content (AvgIpc) is 2.47. The molecule has 0 spiro atoms. The molecule has 0 heterocycles. The summed E-state index contributed by atoms with van der Waals surface area (Å²) >= 11 is 0. The van der Waals surface area contributed by atoms with Crippen LogP contribution in [-0.4, -0.2) is 21.8 Å². The number of nitrogens with one attached hydrogen (secondary N) is 1. The van der Waals surface area contributed by atoms with E-state index >= 15 is 0 Å². The molecule has 4 unspecified atom stereocenters. The van der Waals surface area contributed by atoms with Crippen LogP contribution in [0.15, 0.2) is 24.3 Å². The zero-order chi connectivity index (χ0) is 15.2. The summed E-state index contributed by atoms with van der Waals surface area (Å²) in [6.45, 7) is 7.48. The predicted octanol–water partition coefficient (Wildman–Crippen LogP) is 3.97. The molecule has 0 aromatic heterocycles. The van der Waals surface area contributed by atoms with Gasteiger partial charge in [-0.15, -0.1) is 0 Å². The van der Waals surface area contributed by atoms with Crippen molar-refractivity contribution in [2.75, 3.05) is 12.3 Å². The SMILES string of the molecule is CCNC(CS(=O)C1CCCC(C)C1)c1ccccc1C. The van der Waals surface area contributed by atoms with Gasteiger partial charge in [-0.3, -0.25) is 4.21 Å². The summed E-state index contributed by atoms with van der Waals surface area (Å²) in [7, 11) is -0.730. The van der Waals surface area contributed by atoms with E-state index in [2.05, 4.69) is 50.4 Å². The van der Waals surface area contributed by atoms with Gasteiger partial charge < -0.3 is 5.32 Å². The summed E-state index contributed by atoms with van der Waals surface area (Å²) in [5, 5.41) is 3.93. The van der Waals surface area contributed by atoms with E-state index in [4.69, 9.17) is 0 Å². The minimum atomic E-state index is -0.730. The molecule has 1 aromatic carbocycles. The maximum absolute atomic E-state index is 12.8. The summed E-state index contributed by atoms with van der Waals surface area (Å²) in [6.07, 6.45) is 4.83. The fourth-order valence-corrected chi connectivity index (χ4v) is 5.27. The first-order valence-electron chi connectivity index (χ1n) is 8.27. The van der Waals surface area contributed by atoms with Crippen molar-refractivity contribution in [2.45, 2.75) is 57.7 Å². The molecule has 1 N–H and O–H groups in total. The predicted molar refractivity (Wildman–Crippen MR) is 92.0 cm³/mol. The Balaban J connectivity index is 2.05. The molecule has 21 heavy (non-hydrogen) atoms. The Morgan fingerprint density at radius 1 is 1.33 bits per heavy atom. The van der Waals surface area contributed by atoms with Crippen LogP contribution in [0.5, 0.6) is 0 Å². The second-order valence-corrected chi connectivity index (χ2v) is 8.17. The molecule has 0 bridgehead atoms. The van der Waals surface area contributed by atoms with Crippen molar-refractivity contribution in [1.29, 1.82) is 0 Å². The zero-order valence-corrected chi connectivity index (χ0v) is 14.4. The van der Waals surface area contributed by atoms with E-state index in [9.17, 15) is 4.21 Å². The Kier molecular flexibility index (Phi) is 6.43. The van der Waals surface area contributed by atoms with Crippen molar-refractivity contribution in [3.63, 3.8) is 0 Å². The quantitative estimate of drug-likeness (QED) is 0.861. The molecule has 0 amide bonds. The highest BCUT2D eigenvalue weighted by Crippen LogP contribution is 2.29. The standard InChI is InChI=1S/C18H29NOS/c1-4-19-18(17-11-6-5-9-15(17)3)13-21(20)16-10-7-8-14(2)12-16/h5-6,9,11,14,16,18-19H,4,7-8,10,12-13H2,1-3H3. The molecule has 1 aliphatic rings. The largest absolute Gasteiger partial charge is 0.309 e. The lowest BCUT2D eigenvalue weighted by Crippen LogP contribution is -2.32. The first-order valence-corrected chi connectivity index (χ1v) is 9.66. The highest BCUT2D eigenvalue weighted by atomic mass is 32.2. The Bertz CT molecular complexity index is 474. The fraction of sp³-hybridized carbons (Fsp3) is 0.667. The number of aryl methyl sites for hydroxylation is 1. The van der Waals surface area contributed by atoms with Gasteiger partial charge in [0.1, 0.15) is 0 Å². The molecule has 2 nitrogen and oxygen atoms in total. The highest BCUT2D eigenvalue weighted by molar-refractivity contribution is 7.85. The third kappa shape index (κ3) is 4.65. The molecule has 118 valence electrons. The topological polar surface area (TPSA) is 29.1 Å². The van der Waals surface area contributed by atoms with Crippen molar-refractivity contribution in [1.82, 2.24) is 5.32 Å². The van der Waals surface area contributed by atoms with Crippen LogP contribution in [0.25, 0.3) is 0 Å². The van der Waals surface area contributed by atoms with Crippen LogP contribution in [0.4, 0.5) is 0 Å². The molecule has 1 aliphatic carbocycles. The highest BCUT2D eigenvalue weighted by Gasteiger charge is 2.26. The first kappa shape index (κ1) is 16.7. The van der Waals surface area contributed by atoms with Gasteiger partial charge in [0.25, 0.3) is 0 Å². The van der Waals surface area contributed by atoms with Gasteiger partial charge in [0.2, 0.25) is 0 Å². The van der Waals surface area contributed by atoms with E-state index in [1.807, 2.05) is 0 Å². The summed E-state index contributed by atoms with van der Waals surface area (Å²) in [4.78, 5) is 0. The van der Waals surface area contributed by atoms with Gasteiger partial charge in [-0.2, -0.15) is 0 Å². The van der Waals surface area contributed by atoms with Crippen molar-refractivity contribution < 1.29 is 4.21 Å². The molecule has 1 saturated carbocycles. The monoisotopic (exact) mass is 307 g/mol. The van der Waals surface area contributed by atoms with Crippen molar-refractivity contribution >= 4 is 10.8 Å². The van der Waals surface area contributed by atoms with Crippen LogP contribution >= 0.6 is 0 Å². The zero-order valence-electron chi connectivity index (χ0n) is 13.6. The molecular weight excluding hydrogens is 278 g/mol. The molecule has 4 atom stereocenters. The Labute approximate surface area is 132 Å². The van der Waals surface area contributed by atoms with E-state index in [-0.39, 0.29) is 6.04 Å². The Hall–Kier alpha value is -0.670. The number of hydrogen-bond acceptors (Lipinski definition) is 2. The third-order valence-corrected chi connectivity index (χ3v) is 6.44. The summed E-state index contributed by atoms with van der Waals surface area (Å²) < 4.78 is 12.8. The lowest BCUT2D eigenvalue weighted by molar-refractivity contribution is 0.388. The molecule has 0 saturated heterocycles. The van der Waals surface area contributed by atoms with E-state index in [0.717, 1.165) is 31.1 Å². The van der Waals surface area contributed by atoms with E-state index in [0.29, 0.717) is 5.25 Å². The fourth-order valence-electron chi connectivity index (χ4n) is 3.40. The number of rotatable bonds is 6. The van der Waals surface area contributed by atoms with E-state index in [1.54, 1.807) is 0 Å². The molecule has 1 fully saturated rings. The van der Waals surface area contributed by atoms with Crippen LogP contribution in [0, 0.1) is 12.8 Å². The third-order valence-electron chi connectivity index (χ3n) is 4.61. The maximum Gasteiger partial charge on any atom is 0.0439 e.